The minimum absolute atomic E-state index is 0. The molecule has 222 valence electrons. The number of carbonyl (C=O) groups excluding carboxylic acids is 6. The third kappa shape index (κ3) is 5.12. The van der Waals surface area contributed by atoms with Crippen LogP contribution in [-0.2, 0) is 40.0 Å². The van der Waals surface area contributed by atoms with E-state index < -0.39 is 78.5 Å². The van der Waals surface area contributed by atoms with E-state index in [9.17, 15) is 51.6 Å². The van der Waals surface area contributed by atoms with Gasteiger partial charge in [-0.15, -0.1) is 0 Å². The van der Waals surface area contributed by atoms with Gasteiger partial charge in [-0.05, 0) is 31.5 Å². The number of hydrogen-bond donors (Lipinski definition) is 4. The maximum Gasteiger partial charge on any atom is 1.00 e. The van der Waals surface area contributed by atoms with E-state index in [1.165, 1.54) is 38.1 Å². The summed E-state index contributed by atoms with van der Waals surface area (Å²) in [5.74, 6) is -4.04. The van der Waals surface area contributed by atoms with Crippen LogP contribution in [0, 0.1) is 0 Å². The molecule has 3 aliphatic rings. The van der Waals surface area contributed by atoms with E-state index in [4.69, 9.17) is 0 Å². The number of carboxylic acids is 1. The van der Waals surface area contributed by atoms with E-state index in [1.54, 1.807) is 0 Å². The Labute approximate surface area is 263 Å². The van der Waals surface area contributed by atoms with Crippen LogP contribution in [0.5, 0.6) is 5.75 Å². The van der Waals surface area contributed by atoms with Gasteiger partial charge in [0.1, 0.15) is 11.8 Å². The molecule has 5 atom stereocenters. The van der Waals surface area contributed by atoms with Gasteiger partial charge in [0.25, 0.3) is 5.91 Å². The maximum absolute atomic E-state index is 13.5. The average molecular weight is 637 g/mol. The number of carbonyl (C=O) groups is 6. The van der Waals surface area contributed by atoms with Crippen LogP contribution in [0.2, 0.25) is 0 Å². The second kappa shape index (κ2) is 11.4. The molecule has 7 amide bonds. The second-order valence-electron chi connectivity index (χ2n) is 9.95. The molecular formula is C22H25N6NaO11S2. The van der Waals surface area contributed by atoms with E-state index in [0.29, 0.717) is 14.1 Å². The fraction of sp³-hybridized carbons (Fsp3) is 0.455. The number of sulfonamides is 1. The van der Waals surface area contributed by atoms with Crippen molar-refractivity contribution >= 4 is 57.1 Å². The zero-order valence-corrected chi connectivity index (χ0v) is 26.4. The van der Waals surface area contributed by atoms with Crippen LogP contribution in [0.1, 0.15) is 25.5 Å². The van der Waals surface area contributed by atoms with Crippen LogP contribution in [0.3, 0.4) is 0 Å². The molecule has 3 unspecified atom stereocenters. The zero-order chi connectivity index (χ0) is 30.7. The van der Waals surface area contributed by atoms with Crippen molar-refractivity contribution < 1.29 is 81.2 Å². The summed E-state index contributed by atoms with van der Waals surface area (Å²) in [6.45, 7) is 1.92. The molecule has 3 heterocycles. The van der Waals surface area contributed by atoms with E-state index in [-0.39, 0.29) is 60.4 Å². The molecule has 0 radical (unpaired) electrons. The monoisotopic (exact) mass is 636 g/mol. The van der Waals surface area contributed by atoms with Crippen LogP contribution >= 0.6 is 0 Å². The number of imide groups is 1. The van der Waals surface area contributed by atoms with Crippen molar-refractivity contribution in [2.75, 3.05) is 19.3 Å². The number of carboxylic acid groups (broad SMARTS) is 1. The molecule has 0 saturated carbocycles. The van der Waals surface area contributed by atoms with Gasteiger partial charge >= 0.3 is 41.6 Å². The predicted molar refractivity (Wildman–Crippen MR) is 135 cm³/mol. The number of phenols is 1. The number of benzene rings is 1. The quantitative estimate of drug-likeness (QED) is 0.119. The summed E-state index contributed by atoms with van der Waals surface area (Å²) in [4.78, 5) is 74.6. The molecule has 4 rings (SSSR count). The molecular weight excluding hydrogens is 611 g/mol. The van der Waals surface area contributed by atoms with E-state index >= 15 is 0 Å². The Morgan fingerprint density at radius 1 is 1.17 bits per heavy atom. The van der Waals surface area contributed by atoms with Crippen molar-refractivity contribution in [2.24, 2.45) is 0 Å². The number of aliphatic carboxylic acids is 1. The summed E-state index contributed by atoms with van der Waals surface area (Å²) in [7, 11) is -6.28. The van der Waals surface area contributed by atoms with Crippen molar-refractivity contribution in [3.8, 4) is 5.75 Å². The normalized spacial score (nSPS) is 26.8. The summed E-state index contributed by atoms with van der Waals surface area (Å²) >= 11 is 0. The van der Waals surface area contributed by atoms with Gasteiger partial charge in [0, 0.05) is 0 Å². The Hall–Kier alpha value is -3.26. The van der Waals surface area contributed by atoms with Gasteiger partial charge in [-0.25, -0.2) is 27.2 Å². The molecule has 0 aromatic heterocycles. The fourth-order valence-corrected chi connectivity index (χ4v) is 8.02. The fourth-order valence-electron chi connectivity index (χ4n) is 5.12. The molecule has 20 heteroatoms. The zero-order valence-electron chi connectivity index (χ0n) is 22.7. The maximum atomic E-state index is 13.5. The summed E-state index contributed by atoms with van der Waals surface area (Å²) < 4.78 is 36.0. The first-order chi connectivity index (χ1) is 19.0. The predicted octanol–water partition coefficient (Wildman–Crippen LogP) is -6.77. The van der Waals surface area contributed by atoms with Gasteiger partial charge in [-0.2, -0.15) is 0 Å². The van der Waals surface area contributed by atoms with Crippen LogP contribution in [0.25, 0.3) is 0 Å². The summed E-state index contributed by atoms with van der Waals surface area (Å²) in [6.07, 6.45) is 0.871. The summed E-state index contributed by atoms with van der Waals surface area (Å²) in [6, 6.07) is -2.61. The Kier molecular flexibility index (Phi) is 9.05. The first kappa shape index (κ1) is 33.2. The van der Waals surface area contributed by atoms with E-state index in [2.05, 4.69) is 16.0 Å². The third-order valence-electron chi connectivity index (χ3n) is 7.06. The number of rotatable bonds is 8. The van der Waals surface area contributed by atoms with Gasteiger partial charge in [0.15, 0.2) is 6.04 Å². The van der Waals surface area contributed by atoms with Crippen LogP contribution in [0.15, 0.2) is 24.3 Å². The third-order valence-corrected chi connectivity index (χ3v) is 10.5. The Morgan fingerprint density at radius 2 is 1.76 bits per heavy atom. The second-order valence-corrected chi connectivity index (χ2v) is 14.1. The topological polar surface area (TPSA) is 243 Å². The van der Waals surface area contributed by atoms with Crippen LogP contribution < -0.4 is 50.6 Å². The van der Waals surface area contributed by atoms with Gasteiger partial charge in [-0.1, -0.05) is 12.1 Å². The van der Waals surface area contributed by atoms with Crippen molar-refractivity contribution in [3.63, 3.8) is 0 Å². The van der Waals surface area contributed by atoms with E-state index in [1.807, 2.05) is 0 Å². The molecule has 42 heavy (non-hydrogen) atoms. The molecule has 1 aromatic carbocycles. The number of nitrogens with zero attached hydrogens (tertiary/aromatic N) is 3. The SMILES string of the molecule is CC1(C)[C@H](C(=O)[O-])N2C(=O)[C@@H](NC(=O)C(NC(=O)N3CCN(S(C)(=O)=O)C3=O)c3ccc(O)cc3)C2(NC=O)S1=O.[Na+]. The number of nitrogens with one attached hydrogen (secondary N) is 3. The molecule has 0 aliphatic carbocycles. The summed E-state index contributed by atoms with van der Waals surface area (Å²) in [5, 5.41) is 28.3. The van der Waals surface area contributed by atoms with Gasteiger partial charge in [0.2, 0.25) is 27.3 Å². The standard InChI is InChI=1S/C22H26N6O11S2.Na/c1-21(2)15(18(33)34)28-17(32)14(22(28,23-10-29)40(21)37)25-16(31)13(11-4-6-12(30)7-5-11)24-19(35)26-8-9-27(20(26)36)41(3,38)39;/h4-7,10,13-15,30H,8-9H2,1-3H3,(H,23,29)(H,24,35)(H,25,31)(H,33,34);/q;+1/p-1/t13?,14-,15+,22?,40?;/m1./s1. The first-order valence-corrected chi connectivity index (χ1v) is 14.9. The van der Waals surface area contributed by atoms with Gasteiger partial charge in [0.05, 0.1) is 46.9 Å². The minimum Gasteiger partial charge on any atom is -0.548 e. The van der Waals surface area contributed by atoms with Crippen LogP contribution in [0.4, 0.5) is 9.59 Å². The smallest absolute Gasteiger partial charge is 0.548 e. The number of aromatic hydroxyl groups is 1. The number of amides is 7. The molecule has 3 aliphatic heterocycles. The number of hydrogen-bond acceptors (Lipinski definition) is 11. The molecule has 1 aromatic rings. The molecule has 3 saturated heterocycles. The number of β-lactam (4-membered cyclic amide) rings is 1. The largest absolute Gasteiger partial charge is 1.00 e. The average Bonchev–Trinajstić information content (AvgIpc) is 3.35. The molecule has 0 bridgehead atoms. The first-order valence-electron chi connectivity index (χ1n) is 11.9. The van der Waals surface area contributed by atoms with E-state index in [0.717, 1.165) is 6.26 Å². The Morgan fingerprint density at radius 3 is 2.26 bits per heavy atom. The van der Waals surface area contributed by atoms with Crippen molar-refractivity contribution in [3.05, 3.63) is 29.8 Å². The van der Waals surface area contributed by atoms with Gasteiger partial charge < -0.3 is 31.0 Å². The molecule has 17 nitrogen and oxygen atoms in total. The van der Waals surface area contributed by atoms with Crippen molar-refractivity contribution in [1.82, 2.24) is 30.1 Å². The van der Waals surface area contributed by atoms with Gasteiger partial charge in [-0.3, -0.25) is 23.5 Å². The Balaban J connectivity index is 0.00000484. The molecule has 3 fully saturated rings. The molecule has 4 N–H and O–H groups in total. The molecule has 0 spiro atoms. The minimum atomic E-state index is -3.98. The number of urea groups is 2. The number of fused-ring (bicyclic) bond motifs is 1. The van der Waals surface area contributed by atoms with Crippen molar-refractivity contribution in [1.29, 1.82) is 0 Å². The number of phenolic OH excluding ortho intramolecular Hbond substituents is 1. The van der Waals surface area contributed by atoms with Crippen LogP contribution in [-0.4, -0.2) is 109 Å². The Bertz CT molecular complexity index is 1490. The van der Waals surface area contributed by atoms with Crippen molar-refractivity contribution in [2.45, 2.75) is 41.7 Å². The summed E-state index contributed by atoms with van der Waals surface area (Å²) in [5.41, 5.74) is 0.0433.